The molecule has 5 nitrogen and oxygen atoms in total. The monoisotopic (exact) mass is 245 g/mol. The highest BCUT2D eigenvalue weighted by Gasteiger charge is 2.17. The third-order valence-electron chi connectivity index (χ3n) is 2.19. The fourth-order valence-corrected chi connectivity index (χ4v) is 2.21. The SMILES string of the molecule is COc1cc(S(C)(=O)=O)c(OC)cc1CN. The van der Waals surface area contributed by atoms with Crippen molar-refractivity contribution in [2.24, 2.45) is 5.73 Å². The molecule has 0 fully saturated rings. The van der Waals surface area contributed by atoms with E-state index in [1.54, 1.807) is 6.07 Å². The second-order valence-corrected chi connectivity index (χ2v) is 5.28. The lowest BCUT2D eigenvalue weighted by molar-refractivity contribution is 0.389. The van der Waals surface area contributed by atoms with Gasteiger partial charge in [0.15, 0.2) is 9.84 Å². The molecule has 90 valence electrons. The van der Waals surface area contributed by atoms with Crippen molar-refractivity contribution in [1.29, 1.82) is 0 Å². The lowest BCUT2D eigenvalue weighted by Crippen LogP contribution is -2.05. The molecule has 6 heteroatoms. The van der Waals surface area contributed by atoms with Gasteiger partial charge < -0.3 is 15.2 Å². The summed E-state index contributed by atoms with van der Waals surface area (Å²) in [6, 6.07) is 3.01. The summed E-state index contributed by atoms with van der Waals surface area (Å²) in [6.07, 6.45) is 1.12. The first-order valence-electron chi connectivity index (χ1n) is 4.59. The summed E-state index contributed by atoms with van der Waals surface area (Å²) >= 11 is 0. The molecule has 0 saturated heterocycles. The van der Waals surface area contributed by atoms with E-state index in [9.17, 15) is 8.42 Å². The Bertz CT molecular complexity index is 482. The van der Waals surface area contributed by atoms with Crippen LogP contribution in [0.15, 0.2) is 17.0 Å². The second-order valence-electron chi connectivity index (χ2n) is 3.29. The molecule has 1 aromatic rings. The minimum absolute atomic E-state index is 0.101. The van der Waals surface area contributed by atoms with Crippen molar-refractivity contribution in [3.63, 3.8) is 0 Å². The topological polar surface area (TPSA) is 78.6 Å². The Morgan fingerprint density at radius 2 is 1.75 bits per heavy atom. The molecule has 2 N–H and O–H groups in total. The summed E-state index contributed by atoms with van der Waals surface area (Å²) in [6.45, 7) is 0.254. The van der Waals surface area contributed by atoms with Crippen LogP contribution in [0.25, 0.3) is 0 Å². The smallest absolute Gasteiger partial charge is 0.179 e. The molecule has 0 aromatic heterocycles. The zero-order chi connectivity index (χ0) is 12.3. The van der Waals surface area contributed by atoms with Gasteiger partial charge in [0.25, 0.3) is 0 Å². The van der Waals surface area contributed by atoms with Crippen LogP contribution < -0.4 is 15.2 Å². The van der Waals surface area contributed by atoms with Gasteiger partial charge in [0.1, 0.15) is 16.4 Å². The molecule has 16 heavy (non-hydrogen) atoms. The lowest BCUT2D eigenvalue weighted by atomic mass is 10.2. The molecule has 0 atom stereocenters. The minimum Gasteiger partial charge on any atom is -0.496 e. The van der Waals surface area contributed by atoms with Crippen molar-refractivity contribution < 1.29 is 17.9 Å². The Kier molecular flexibility index (Phi) is 3.77. The highest BCUT2D eigenvalue weighted by molar-refractivity contribution is 7.90. The van der Waals surface area contributed by atoms with E-state index in [1.807, 2.05) is 0 Å². The quantitative estimate of drug-likeness (QED) is 0.838. The summed E-state index contributed by atoms with van der Waals surface area (Å²) in [5.41, 5.74) is 6.22. The number of ether oxygens (including phenoxy) is 2. The van der Waals surface area contributed by atoms with Gasteiger partial charge in [0, 0.05) is 24.4 Å². The normalized spacial score (nSPS) is 11.2. The zero-order valence-corrected chi connectivity index (χ0v) is 10.3. The van der Waals surface area contributed by atoms with E-state index in [1.165, 1.54) is 20.3 Å². The molecule has 0 aliphatic carbocycles. The fraction of sp³-hybridized carbons (Fsp3) is 0.400. The van der Waals surface area contributed by atoms with Gasteiger partial charge in [-0.15, -0.1) is 0 Å². The van der Waals surface area contributed by atoms with Crippen LogP contribution in [0.5, 0.6) is 11.5 Å². The predicted octanol–water partition coefficient (Wildman–Crippen LogP) is 0.566. The zero-order valence-electron chi connectivity index (χ0n) is 9.48. The molecule has 0 amide bonds. The molecule has 0 saturated carbocycles. The van der Waals surface area contributed by atoms with Crippen LogP contribution in [-0.2, 0) is 16.4 Å². The highest BCUT2D eigenvalue weighted by atomic mass is 32.2. The summed E-state index contributed by atoms with van der Waals surface area (Å²) in [5, 5.41) is 0. The number of benzene rings is 1. The third kappa shape index (κ3) is 2.45. The third-order valence-corrected chi connectivity index (χ3v) is 3.30. The maximum absolute atomic E-state index is 11.5. The summed E-state index contributed by atoms with van der Waals surface area (Å²) < 4.78 is 33.1. The van der Waals surface area contributed by atoms with Crippen molar-refractivity contribution in [2.45, 2.75) is 11.4 Å². The Morgan fingerprint density at radius 1 is 1.19 bits per heavy atom. The van der Waals surface area contributed by atoms with Crippen LogP contribution in [0.1, 0.15) is 5.56 Å². The van der Waals surface area contributed by atoms with E-state index in [4.69, 9.17) is 15.2 Å². The number of methoxy groups -OCH3 is 2. The predicted molar refractivity (Wildman–Crippen MR) is 60.5 cm³/mol. The van der Waals surface area contributed by atoms with E-state index in [2.05, 4.69) is 0 Å². The summed E-state index contributed by atoms with van der Waals surface area (Å²) in [5.74, 6) is 0.729. The van der Waals surface area contributed by atoms with Gasteiger partial charge in [-0.25, -0.2) is 8.42 Å². The Labute approximate surface area is 95.1 Å². The average Bonchev–Trinajstić information content (AvgIpc) is 2.25. The highest BCUT2D eigenvalue weighted by Crippen LogP contribution is 2.31. The number of hydrogen-bond acceptors (Lipinski definition) is 5. The molecule has 0 unspecified atom stereocenters. The van der Waals surface area contributed by atoms with Crippen molar-refractivity contribution in [3.8, 4) is 11.5 Å². The minimum atomic E-state index is -3.35. The van der Waals surface area contributed by atoms with Gasteiger partial charge in [0.2, 0.25) is 0 Å². The van der Waals surface area contributed by atoms with Gasteiger partial charge in [-0.1, -0.05) is 0 Å². The summed E-state index contributed by atoms with van der Waals surface area (Å²) in [7, 11) is -0.470. The molecule has 0 aliphatic rings. The van der Waals surface area contributed by atoms with Gasteiger partial charge >= 0.3 is 0 Å². The van der Waals surface area contributed by atoms with E-state index in [-0.39, 0.29) is 17.2 Å². The number of nitrogens with two attached hydrogens (primary N) is 1. The van der Waals surface area contributed by atoms with Crippen molar-refractivity contribution >= 4 is 9.84 Å². The van der Waals surface area contributed by atoms with Crippen LogP contribution in [0.2, 0.25) is 0 Å². The van der Waals surface area contributed by atoms with Gasteiger partial charge in [-0.3, -0.25) is 0 Å². The van der Waals surface area contributed by atoms with E-state index < -0.39 is 9.84 Å². The van der Waals surface area contributed by atoms with Crippen LogP contribution in [0.3, 0.4) is 0 Å². The first-order chi connectivity index (χ1) is 7.43. The lowest BCUT2D eigenvalue weighted by Gasteiger charge is -2.12. The van der Waals surface area contributed by atoms with Crippen LogP contribution in [-0.4, -0.2) is 28.9 Å². The van der Waals surface area contributed by atoms with Gasteiger partial charge in [-0.2, -0.15) is 0 Å². The van der Waals surface area contributed by atoms with E-state index in [0.29, 0.717) is 11.3 Å². The number of rotatable bonds is 4. The molecule has 0 aliphatic heterocycles. The molecular weight excluding hydrogens is 230 g/mol. The van der Waals surface area contributed by atoms with Crippen molar-refractivity contribution in [2.75, 3.05) is 20.5 Å². The molecule has 1 aromatic carbocycles. The second kappa shape index (κ2) is 4.71. The molecule has 1 rings (SSSR count). The Hall–Kier alpha value is -1.27. The standard InChI is InChI=1S/C10H15NO4S/c1-14-8-5-10(16(3,12)13)9(15-2)4-7(8)6-11/h4-5H,6,11H2,1-3H3. The van der Waals surface area contributed by atoms with Crippen LogP contribution in [0.4, 0.5) is 0 Å². The van der Waals surface area contributed by atoms with E-state index in [0.717, 1.165) is 6.26 Å². The largest absolute Gasteiger partial charge is 0.496 e. The number of sulfone groups is 1. The van der Waals surface area contributed by atoms with Gasteiger partial charge in [0.05, 0.1) is 14.2 Å². The maximum Gasteiger partial charge on any atom is 0.179 e. The van der Waals surface area contributed by atoms with Crippen LogP contribution >= 0.6 is 0 Å². The molecular formula is C10H15NO4S. The average molecular weight is 245 g/mol. The molecule has 0 heterocycles. The molecule has 0 spiro atoms. The molecule has 0 bridgehead atoms. The first kappa shape index (κ1) is 12.8. The number of hydrogen-bond donors (Lipinski definition) is 1. The maximum atomic E-state index is 11.5. The Balaban J connectivity index is 3.50. The van der Waals surface area contributed by atoms with Crippen molar-refractivity contribution in [3.05, 3.63) is 17.7 Å². The van der Waals surface area contributed by atoms with Crippen LogP contribution in [0, 0.1) is 0 Å². The summed E-state index contributed by atoms with van der Waals surface area (Å²) in [4.78, 5) is 0.101. The van der Waals surface area contributed by atoms with E-state index >= 15 is 0 Å². The molecule has 0 radical (unpaired) electrons. The fourth-order valence-electron chi connectivity index (χ4n) is 1.38. The van der Waals surface area contributed by atoms with Crippen molar-refractivity contribution in [1.82, 2.24) is 0 Å². The first-order valence-corrected chi connectivity index (χ1v) is 6.48. The Morgan fingerprint density at radius 3 is 2.12 bits per heavy atom. The van der Waals surface area contributed by atoms with Gasteiger partial charge in [-0.05, 0) is 6.07 Å².